The van der Waals surface area contributed by atoms with Crippen molar-refractivity contribution in [3.63, 3.8) is 0 Å². The number of nitrogens with zero attached hydrogens (tertiary/aromatic N) is 3. The van der Waals surface area contributed by atoms with Crippen LogP contribution in [0.4, 0.5) is 0 Å². The normalized spacial score (nSPS) is 37.8. The Kier molecular flexibility index (Phi) is 2.68. The number of hydrogen-bond donors (Lipinski definition) is 0. The second-order valence-corrected chi connectivity index (χ2v) is 6.36. The highest BCUT2D eigenvalue weighted by Crippen LogP contribution is 2.46. The van der Waals surface area contributed by atoms with E-state index in [4.69, 9.17) is 11.6 Å². The van der Waals surface area contributed by atoms with Gasteiger partial charge in [-0.1, -0.05) is 17.7 Å². The van der Waals surface area contributed by atoms with Gasteiger partial charge in [0.25, 0.3) is 5.54 Å². The van der Waals surface area contributed by atoms with Crippen LogP contribution in [0.1, 0.15) is 12.8 Å². The van der Waals surface area contributed by atoms with Crippen LogP contribution in [0.25, 0.3) is 0 Å². The fraction of sp³-hybridized carbons (Fsp3) is 0.800. The number of likely N-dealkylation sites (tertiary alicyclic amines) is 1. The maximum absolute atomic E-state index is 11.4. The summed E-state index contributed by atoms with van der Waals surface area (Å²) < 4.78 is 0.228. The third-order valence-electron chi connectivity index (χ3n) is 3.88. The summed E-state index contributed by atoms with van der Waals surface area (Å²) in [5.41, 5.74) is -2.78. The Hall–Kier alpha value is -1.21. The molecule has 1 fully saturated rings. The van der Waals surface area contributed by atoms with Crippen LogP contribution in [0.2, 0.25) is 0 Å². The van der Waals surface area contributed by atoms with E-state index < -0.39 is 16.0 Å². The van der Waals surface area contributed by atoms with Crippen LogP contribution in [-0.2, 0) is 0 Å². The van der Waals surface area contributed by atoms with Gasteiger partial charge in [0, 0.05) is 16.3 Å². The fourth-order valence-corrected chi connectivity index (χ4v) is 3.66. The minimum atomic E-state index is -1.51. The van der Waals surface area contributed by atoms with E-state index in [-0.39, 0.29) is 40.4 Å². The zero-order valence-corrected chi connectivity index (χ0v) is 11.0. The highest BCUT2D eigenvalue weighted by Gasteiger charge is 2.69. The van der Waals surface area contributed by atoms with Gasteiger partial charge in [-0.05, 0) is 0 Å². The Balaban J connectivity index is 2.59. The molecule has 0 radical (unpaired) electrons. The molecule has 2 atom stereocenters. The lowest BCUT2D eigenvalue weighted by molar-refractivity contribution is -0.933. The lowest BCUT2D eigenvalue weighted by Crippen LogP contribution is -2.71. The molecule has 0 unspecified atom stereocenters. The molecule has 0 aromatic heterocycles. The van der Waals surface area contributed by atoms with E-state index in [0.29, 0.717) is 0 Å². The maximum Gasteiger partial charge on any atom is 0.311 e. The van der Waals surface area contributed by atoms with Crippen molar-refractivity contribution >= 4 is 11.6 Å². The Morgan fingerprint density at radius 1 is 1.28 bits per heavy atom. The van der Waals surface area contributed by atoms with Crippen molar-refractivity contribution in [1.29, 1.82) is 0 Å². The fourth-order valence-electron chi connectivity index (χ4n) is 3.39. The van der Waals surface area contributed by atoms with Crippen LogP contribution < -0.4 is 0 Å². The first-order chi connectivity index (χ1) is 8.14. The molecule has 2 aliphatic rings. The summed E-state index contributed by atoms with van der Waals surface area (Å²) in [5, 5.41) is 22.9. The number of nitro groups is 2. The molecule has 0 saturated carbocycles. The van der Waals surface area contributed by atoms with Crippen LogP contribution in [0, 0.1) is 20.2 Å². The highest BCUT2D eigenvalue weighted by molar-refractivity contribution is 6.30. The molecule has 1 aliphatic heterocycles. The summed E-state index contributed by atoms with van der Waals surface area (Å²) in [6, 6.07) is 0. The average molecular weight is 277 g/mol. The topological polar surface area (TPSA) is 86.3 Å². The monoisotopic (exact) mass is 276 g/mol. The van der Waals surface area contributed by atoms with E-state index in [1.807, 2.05) is 0 Å². The first-order valence-electron chi connectivity index (χ1n) is 5.61. The third-order valence-corrected chi connectivity index (χ3v) is 4.38. The average Bonchev–Trinajstić information content (AvgIpc) is 2.21. The van der Waals surface area contributed by atoms with Crippen molar-refractivity contribution in [3.05, 3.63) is 31.3 Å². The first-order valence-corrected chi connectivity index (χ1v) is 5.99. The van der Waals surface area contributed by atoms with Crippen LogP contribution in [-0.4, -0.2) is 52.6 Å². The predicted octanol–water partition coefficient (Wildman–Crippen LogP) is 1.02. The SMILES string of the molecule is C[N+]1(C)C[C@@]2([N+](=O)[O-])CC=C(Cl)[C@]([N+](=O)[O-])(C2)C1. The van der Waals surface area contributed by atoms with Crippen LogP contribution in [0.3, 0.4) is 0 Å². The molecule has 0 amide bonds. The second kappa shape index (κ2) is 3.64. The molecule has 0 N–H and O–H groups in total. The van der Waals surface area contributed by atoms with E-state index >= 15 is 0 Å². The Morgan fingerprint density at radius 3 is 2.39 bits per heavy atom. The van der Waals surface area contributed by atoms with Crippen molar-refractivity contribution in [2.75, 3.05) is 27.2 Å². The lowest BCUT2D eigenvalue weighted by atomic mass is 9.71. The maximum atomic E-state index is 11.4. The van der Waals surface area contributed by atoms with Gasteiger partial charge < -0.3 is 4.48 Å². The lowest BCUT2D eigenvalue weighted by Gasteiger charge is -2.47. The van der Waals surface area contributed by atoms with Gasteiger partial charge in [-0.3, -0.25) is 20.2 Å². The Morgan fingerprint density at radius 2 is 1.89 bits per heavy atom. The highest BCUT2D eigenvalue weighted by atomic mass is 35.5. The van der Waals surface area contributed by atoms with Gasteiger partial charge in [0.15, 0.2) is 13.1 Å². The third kappa shape index (κ3) is 1.69. The molecular weight excluding hydrogens is 262 g/mol. The molecule has 100 valence electrons. The van der Waals surface area contributed by atoms with E-state index in [0.717, 1.165) is 0 Å². The molecule has 1 heterocycles. The van der Waals surface area contributed by atoms with E-state index in [1.54, 1.807) is 14.1 Å². The largest absolute Gasteiger partial charge is 0.316 e. The molecule has 8 heteroatoms. The molecule has 2 rings (SSSR count). The van der Waals surface area contributed by atoms with E-state index in [9.17, 15) is 20.2 Å². The first kappa shape index (κ1) is 13.2. The number of rotatable bonds is 2. The molecule has 0 aromatic rings. The molecule has 2 bridgehead atoms. The van der Waals surface area contributed by atoms with Gasteiger partial charge in [-0.25, -0.2) is 0 Å². The number of hydrogen-bond acceptors (Lipinski definition) is 4. The summed E-state index contributed by atoms with van der Waals surface area (Å²) in [6.45, 7) is 0.473. The standard InChI is InChI=1S/C10H15ClN3O4/c1-14(2)6-9(12(15)16)4-3-8(11)10(5-9,7-14)13(17)18/h3H,4-7H2,1-2H3/q+1/t9-,10+/m1/s1. The van der Waals surface area contributed by atoms with Crippen molar-refractivity contribution < 1.29 is 14.3 Å². The van der Waals surface area contributed by atoms with E-state index in [2.05, 4.69) is 0 Å². The molecule has 1 saturated heterocycles. The summed E-state index contributed by atoms with van der Waals surface area (Å²) >= 11 is 6.01. The number of fused-ring (bicyclic) bond motifs is 2. The summed E-state index contributed by atoms with van der Waals surface area (Å²) in [4.78, 5) is 21.9. The Labute approximate surface area is 109 Å². The summed E-state index contributed by atoms with van der Waals surface area (Å²) in [5.74, 6) is 0. The molecule has 0 aromatic carbocycles. The van der Waals surface area contributed by atoms with Gasteiger partial charge in [-0.2, -0.15) is 0 Å². The van der Waals surface area contributed by atoms with Crippen LogP contribution in [0.15, 0.2) is 11.1 Å². The van der Waals surface area contributed by atoms with Crippen molar-refractivity contribution in [2.24, 2.45) is 0 Å². The van der Waals surface area contributed by atoms with E-state index in [1.165, 1.54) is 6.08 Å². The van der Waals surface area contributed by atoms with Crippen molar-refractivity contribution in [1.82, 2.24) is 0 Å². The zero-order chi connectivity index (χ0) is 13.8. The smallest absolute Gasteiger partial charge is 0.311 e. The van der Waals surface area contributed by atoms with Crippen LogP contribution in [0.5, 0.6) is 0 Å². The van der Waals surface area contributed by atoms with Gasteiger partial charge in [0.2, 0.25) is 0 Å². The van der Waals surface area contributed by atoms with Gasteiger partial charge in [0.1, 0.15) is 6.42 Å². The van der Waals surface area contributed by atoms with Crippen molar-refractivity contribution in [2.45, 2.75) is 23.9 Å². The van der Waals surface area contributed by atoms with Gasteiger partial charge in [0.05, 0.1) is 19.1 Å². The second-order valence-electron chi connectivity index (χ2n) is 5.96. The van der Waals surface area contributed by atoms with Crippen LogP contribution >= 0.6 is 11.6 Å². The zero-order valence-electron chi connectivity index (χ0n) is 10.3. The predicted molar refractivity (Wildman–Crippen MR) is 64.5 cm³/mol. The van der Waals surface area contributed by atoms with Gasteiger partial charge >= 0.3 is 5.54 Å². The van der Waals surface area contributed by atoms with Gasteiger partial charge in [-0.15, -0.1) is 0 Å². The molecule has 0 spiro atoms. The summed E-state index contributed by atoms with van der Waals surface area (Å²) in [6.07, 6.45) is 1.50. The minimum absolute atomic E-state index is 0.114. The molecule has 18 heavy (non-hydrogen) atoms. The number of halogens is 1. The van der Waals surface area contributed by atoms with Crippen molar-refractivity contribution in [3.8, 4) is 0 Å². The molecular formula is C10H15ClN3O4+. The number of piperidine rings is 1. The molecule has 7 nitrogen and oxygen atoms in total. The number of likely N-dealkylation sites (N-methyl/N-ethyl adjacent to an activating group) is 1. The summed E-state index contributed by atoms with van der Waals surface area (Å²) in [7, 11) is 3.54. The Bertz CT molecular complexity index is 464. The quantitative estimate of drug-likeness (QED) is 0.428. The number of quaternary nitrogens is 1. The molecule has 1 aliphatic carbocycles. The minimum Gasteiger partial charge on any atom is -0.316 e.